The number of rotatable bonds is 7. The molecule has 0 bridgehead atoms. The van der Waals surface area contributed by atoms with Crippen LogP contribution in [0.5, 0.6) is 5.75 Å². The van der Waals surface area contributed by atoms with Crippen LogP contribution >= 0.6 is 12.2 Å². The molecule has 2 atom stereocenters. The van der Waals surface area contributed by atoms with Crippen molar-refractivity contribution in [2.75, 3.05) is 19.7 Å². The summed E-state index contributed by atoms with van der Waals surface area (Å²) in [7, 11) is 0. The summed E-state index contributed by atoms with van der Waals surface area (Å²) in [6.45, 7) is 4.24. The molecule has 1 fully saturated rings. The summed E-state index contributed by atoms with van der Waals surface area (Å²) >= 11 is 4.95. The number of hydrogen-bond acceptors (Lipinski definition) is 4. The molecule has 1 aromatic rings. The van der Waals surface area contributed by atoms with Gasteiger partial charge in [-0.15, -0.1) is 0 Å². The first kappa shape index (κ1) is 16.2. The highest BCUT2D eigenvalue weighted by atomic mass is 32.1. The Kier molecular flexibility index (Phi) is 5.96. The van der Waals surface area contributed by atoms with Gasteiger partial charge in [-0.1, -0.05) is 31.3 Å². The Morgan fingerprint density at radius 2 is 2.38 bits per heavy atom. The normalized spacial score (nSPS) is 20.4. The molecule has 0 radical (unpaired) electrons. The standard InChI is InChI=1S/C16H24N2O2S/c1-2-13-6-4-8-18(13)10-14(19)11-20-15-7-3-5-12(9-15)16(17)21/h3,5,7,9,13-14,19H,2,4,6,8,10-11H2,1H3,(H2,17,21). The van der Waals surface area contributed by atoms with E-state index in [1.807, 2.05) is 18.2 Å². The van der Waals surface area contributed by atoms with Crippen LogP contribution in [-0.4, -0.2) is 46.8 Å². The van der Waals surface area contributed by atoms with Crippen LogP contribution in [0, 0.1) is 0 Å². The third-order valence-corrected chi connectivity index (χ3v) is 4.21. The number of nitrogens with zero attached hydrogens (tertiary/aromatic N) is 1. The lowest BCUT2D eigenvalue weighted by molar-refractivity contribution is 0.0634. The fraction of sp³-hybridized carbons (Fsp3) is 0.562. The summed E-state index contributed by atoms with van der Waals surface area (Å²) in [6.07, 6.45) is 3.12. The molecular formula is C16H24N2O2S. The third kappa shape index (κ3) is 4.66. The van der Waals surface area contributed by atoms with Gasteiger partial charge in [-0.05, 0) is 37.9 Å². The van der Waals surface area contributed by atoms with Gasteiger partial charge >= 0.3 is 0 Å². The van der Waals surface area contributed by atoms with Crippen LogP contribution in [0.3, 0.4) is 0 Å². The second kappa shape index (κ2) is 7.73. The van der Waals surface area contributed by atoms with Crippen molar-refractivity contribution in [3.05, 3.63) is 29.8 Å². The maximum absolute atomic E-state index is 10.1. The minimum atomic E-state index is -0.481. The molecule has 2 unspecified atom stereocenters. The Balaban J connectivity index is 1.82. The van der Waals surface area contributed by atoms with Crippen molar-refractivity contribution in [1.82, 2.24) is 4.90 Å². The lowest BCUT2D eigenvalue weighted by atomic mass is 10.1. The predicted octanol–water partition coefficient (Wildman–Crippen LogP) is 1.93. The number of likely N-dealkylation sites (tertiary alicyclic amines) is 1. The minimum absolute atomic E-state index is 0.285. The van der Waals surface area contributed by atoms with Crippen molar-refractivity contribution >= 4 is 17.2 Å². The third-order valence-electron chi connectivity index (χ3n) is 3.98. The zero-order chi connectivity index (χ0) is 15.2. The number of β-amino-alcohol motifs (C(OH)–C–C–N with tert-alkyl or cyclic N) is 1. The van der Waals surface area contributed by atoms with E-state index >= 15 is 0 Å². The minimum Gasteiger partial charge on any atom is -0.491 e. The second-order valence-electron chi connectivity index (χ2n) is 5.56. The number of ether oxygens (including phenoxy) is 1. The summed E-state index contributed by atoms with van der Waals surface area (Å²) in [6, 6.07) is 7.96. The topological polar surface area (TPSA) is 58.7 Å². The Bertz CT molecular complexity index is 481. The fourth-order valence-electron chi connectivity index (χ4n) is 2.85. The smallest absolute Gasteiger partial charge is 0.120 e. The average molecular weight is 308 g/mol. The maximum atomic E-state index is 10.1. The van der Waals surface area contributed by atoms with Crippen molar-refractivity contribution in [1.29, 1.82) is 0 Å². The van der Waals surface area contributed by atoms with Gasteiger partial charge in [-0.3, -0.25) is 4.90 Å². The van der Waals surface area contributed by atoms with Gasteiger partial charge in [-0.25, -0.2) is 0 Å². The van der Waals surface area contributed by atoms with Gasteiger partial charge in [0.05, 0.1) is 0 Å². The highest BCUT2D eigenvalue weighted by molar-refractivity contribution is 7.80. The van der Waals surface area contributed by atoms with E-state index in [0.717, 1.165) is 18.5 Å². The summed E-state index contributed by atoms with van der Waals surface area (Å²) in [5, 5.41) is 10.1. The molecule has 0 spiro atoms. The molecule has 3 N–H and O–H groups in total. The molecule has 5 heteroatoms. The molecular weight excluding hydrogens is 284 g/mol. The van der Waals surface area contributed by atoms with Crippen molar-refractivity contribution in [2.45, 2.75) is 38.3 Å². The first-order chi connectivity index (χ1) is 10.1. The van der Waals surface area contributed by atoms with Crippen molar-refractivity contribution in [3.63, 3.8) is 0 Å². The average Bonchev–Trinajstić information content (AvgIpc) is 2.92. The van der Waals surface area contributed by atoms with Crippen LogP contribution in [-0.2, 0) is 0 Å². The molecule has 0 aliphatic carbocycles. The van der Waals surface area contributed by atoms with E-state index in [2.05, 4.69) is 11.8 Å². The molecule has 116 valence electrons. The number of hydrogen-bond donors (Lipinski definition) is 2. The second-order valence-corrected chi connectivity index (χ2v) is 6.00. The van der Waals surface area contributed by atoms with Crippen LogP contribution in [0.15, 0.2) is 24.3 Å². The van der Waals surface area contributed by atoms with Crippen molar-refractivity contribution in [3.8, 4) is 5.75 Å². The van der Waals surface area contributed by atoms with Crippen LogP contribution in [0.25, 0.3) is 0 Å². The molecule has 4 nitrogen and oxygen atoms in total. The van der Waals surface area contributed by atoms with Crippen LogP contribution < -0.4 is 10.5 Å². The summed E-state index contributed by atoms with van der Waals surface area (Å²) in [4.78, 5) is 2.71. The van der Waals surface area contributed by atoms with E-state index < -0.39 is 6.10 Å². The molecule has 21 heavy (non-hydrogen) atoms. The maximum Gasteiger partial charge on any atom is 0.120 e. The summed E-state index contributed by atoms with van der Waals surface area (Å²) in [5.41, 5.74) is 6.38. The molecule has 1 aliphatic rings. The van der Waals surface area contributed by atoms with Gasteiger partial charge in [0, 0.05) is 18.2 Å². The van der Waals surface area contributed by atoms with Crippen LogP contribution in [0.1, 0.15) is 31.7 Å². The number of benzene rings is 1. The molecule has 0 amide bonds. The number of aliphatic hydroxyl groups is 1. The van der Waals surface area contributed by atoms with Gasteiger partial charge in [0.1, 0.15) is 23.4 Å². The van der Waals surface area contributed by atoms with E-state index in [-0.39, 0.29) is 6.61 Å². The van der Waals surface area contributed by atoms with Crippen LogP contribution in [0.2, 0.25) is 0 Å². The van der Waals surface area contributed by atoms with Gasteiger partial charge in [-0.2, -0.15) is 0 Å². The van der Waals surface area contributed by atoms with Gasteiger partial charge in [0.15, 0.2) is 0 Å². The summed E-state index contributed by atoms with van der Waals surface area (Å²) in [5.74, 6) is 0.688. The van der Waals surface area contributed by atoms with E-state index in [1.165, 1.54) is 12.8 Å². The van der Waals surface area contributed by atoms with E-state index in [0.29, 0.717) is 23.3 Å². The molecule has 1 aromatic carbocycles. The number of thiocarbonyl (C=S) groups is 1. The van der Waals surface area contributed by atoms with E-state index in [4.69, 9.17) is 22.7 Å². The highest BCUT2D eigenvalue weighted by Gasteiger charge is 2.24. The number of aliphatic hydroxyl groups excluding tert-OH is 1. The zero-order valence-electron chi connectivity index (χ0n) is 12.5. The van der Waals surface area contributed by atoms with Gasteiger partial charge in [0.25, 0.3) is 0 Å². The van der Waals surface area contributed by atoms with Crippen molar-refractivity contribution in [2.24, 2.45) is 5.73 Å². The number of nitrogens with two attached hydrogens (primary N) is 1. The van der Waals surface area contributed by atoms with Crippen LogP contribution in [0.4, 0.5) is 0 Å². The lowest BCUT2D eigenvalue weighted by Crippen LogP contribution is -2.38. The van der Waals surface area contributed by atoms with E-state index in [1.54, 1.807) is 6.07 Å². The van der Waals surface area contributed by atoms with Crippen molar-refractivity contribution < 1.29 is 9.84 Å². The van der Waals surface area contributed by atoms with E-state index in [9.17, 15) is 5.11 Å². The Labute approximate surface area is 131 Å². The molecule has 0 aromatic heterocycles. The summed E-state index contributed by atoms with van der Waals surface area (Å²) < 4.78 is 5.65. The lowest BCUT2D eigenvalue weighted by Gasteiger charge is -2.25. The molecule has 0 saturated carbocycles. The zero-order valence-corrected chi connectivity index (χ0v) is 13.3. The first-order valence-electron chi connectivity index (χ1n) is 7.55. The highest BCUT2D eigenvalue weighted by Crippen LogP contribution is 2.20. The monoisotopic (exact) mass is 308 g/mol. The Morgan fingerprint density at radius 3 is 3.10 bits per heavy atom. The molecule has 1 saturated heterocycles. The van der Waals surface area contributed by atoms with Gasteiger partial charge < -0.3 is 15.6 Å². The first-order valence-corrected chi connectivity index (χ1v) is 7.95. The molecule has 1 aliphatic heterocycles. The molecule has 1 heterocycles. The SMILES string of the molecule is CCC1CCCN1CC(O)COc1cccc(C(N)=S)c1. The largest absolute Gasteiger partial charge is 0.491 e. The van der Waals surface area contributed by atoms with Gasteiger partial charge in [0.2, 0.25) is 0 Å². The predicted molar refractivity (Wildman–Crippen MR) is 88.7 cm³/mol. The molecule has 2 rings (SSSR count). The Hall–Kier alpha value is -1.17. The fourth-order valence-corrected chi connectivity index (χ4v) is 2.98. The quantitative estimate of drug-likeness (QED) is 0.754. The Morgan fingerprint density at radius 1 is 1.57 bits per heavy atom.